The van der Waals surface area contributed by atoms with E-state index in [4.69, 9.17) is 14.5 Å². The van der Waals surface area contributed by atoms with Gasteiger partial charge in [0.15, 0.2) is 11.5 Å². The molecule has 182 valence electrons. The van der Waals surface area contributed by atoms with Crippen molar-refractivity contribution >= 4 is 27.7 Å². The number of ether oxygens (including phenoxy) is 2. The Labute approximate surface area is 210 Å². The van der Waals surface area contributed by atoms with Crippen LogP contribution >= 0.6 is 0 Å². The molecule has 6 heteroatoms. The molecule has 0 aliphatic heterocycles. The number of imidazole rings is 1. The van der Waals surface area contributed by atoms with E-state index < -0.39 is 0 Å². The molecule has 0 saturated heterocycles. The first-order valence-electron chi connectivity index (χ1n) is 12.1. The SMILES string of the molecule is COc1ccc(C(=O)NCCCc2nc3ccccc3n2Cc2cccc3ccccc23)cc1OC. The van der Waals surface area contributed by atoms with Crippen LogP contribution in [0, 0.1) is 0 Å². The summed E-state index contributed by atoms with van der Waals surface area (Å²) < 4.78 is 12.9. The quantitative estimate of drug-likeness (QED) is 0.279. The van der Waals surface area contributed by atoms with Crippen LogP contribution in [0.3, 0.4) is 0 Å². The van der Waals surface area contributed by atoms with Gasteiger partial charge in [0, 0.05) is 25.1 Å². The maximum atomic E-state index is 12.7. The number of methoxy groups -OCH3 is 2. The molecule has 0 radical (unpaired) electrons. The molecule has 36 heavy (non-hydrogen) atoms. The van der Waals surface area contributed by atoms with E-state index in [9.17, 15) is 4.79 Å². The molecule has 1 heterocycles. The fraction of sp³-hybridized carbons (Fsp3) is 0.200. The predicted molar refractivity (Wildman–Crippen MR) is 143 cm³/mol. The molecule has 1 aromatic heterocycles. The number of hydrogen-bond donors (Lipinski definition) is 1. The van der Waals surface area contributed by atoms with Gasteiger partial charge in [0.2, 0.25) is 0 Å². The van der Waals surface area contributed by atoms with Gasteiger partial charge >= 0.3 is 0 Å². The molecular weight excluding hydrogens is 450 g/mol. The highest BCUT2D eigenvalue weighted by Crippen LogP contribution is 2.27. The summed E-state index contributed by atoms with van der Waals surface area (Å²) in [6.07, 6.45) is 1.53. The van der Waals surface area contributed by atoms with Crippen LogP contribution in [0.1, 0.15) is 28.2 Å². The third-order valence-electron chi connectivity index (χ3n) is 6.45. The average Bonchev–Trinajstić information content (AvgIpc) is 3.27. The van der Waals surface area contributed by atoms with Crippen molar-refractivity contribution < 1.29 is 14.3 Å². The summed E-state index contributed by atoms with van der Waals surface area (Å²) in [6.45, 7) is 1.29. The number of aromatic nitrogens is 2. The molecule has 5 rings (SSSR count). The zero-order valence-electron chi connectivity index (χ0n) is 20.5. The van der Waals surface area contributed by atoms with Gasteiger partial charge in [-0.25, -0.2) is 4.98 Å². The van der Waals surface area contributed by atoms with Crippen LogP contribution < -0.4 is 14.8 Å². The van der Waals surface area contributed by atoms with Gasteiger partial charge in [-0.1, -0.05) is 54.6 Å². The second kappa shape index (κ2) is 10.5. The average molecular weight is 480 g/mol. The molecule has 0 unspecified atom stereocenters. The van der Waals surface area contributed by atoms with Crippen molar-refractivity contribution in [2.75, 3.05) is 20.8 Å². The van der Waals surface area contributed by atoms with Crippen molar-refractivity contribution in [1.82, 2.24) is 14.9 Å². The summed E-state index contributed by atoms with van der Waals surface area (Å²) in [6, 6.07) is 28.3. The normalized spacial score (nSPS) is 11.1. The number of carbonyl (C=O) groups excluding carboxylic acids is 1. The Morgan fingerprint density at radius 1 is 0.889 bits per heavy atom. The maximum absolute atomic E-state index is 12.7. The van der Waals surface area contributed by atoms with Crippen LogP contribution in [0.25, 0.3) is 21.8 Å². The van der Waals surface area contributed by atoms with Gasteiger partial charge < -0.3 is 19.4 Å². The molecule has 0 aliphatic rings. The Kier molecular flexibility index (Phi) is 6.85. The van der Waals surface area contributed by atoms with Crippen molar-refractivity contribution in [3.05, 3.63) is 102 Å². The Balaban J connectivity index is 1.31. The Bertz CT molecular complexity index is 1520. The second-order valence-electron chi connectivity index (χ2n) is 8.67. The number of aryl methyl sites for hydroxylation is 1. The third kappa shape index (κ3) is 4.75. The monoisotopic (exact) mass is 479 g/mol. The van der Waals surface area contributed by atoms with Gasteiger partial charge in [-0.3, -0.25) is 4.79 Å². The zero-order valence-corrected chi connectivity index (χ0v) is 20.5. The molecule has 0 aliphatic carbocycles. The molecule has 0 bridgehead atoms. The summed E-state index contributed by atoms with van der Waals surface area (Å²) in [5.74, 6) is 2.01. The van der Waals surface area contributed by atoms with Gasteiger partial charge in [-0.05, 0) is 53.1 Å². The fourth-order valence-corrected chi connectivity index (χ4v) is 4.62. The van der Waals surface area contributed by atoms with Crippen LogP contribution in [-0.4, -0.2) is 36.2 Å². The first-order valence-corrected chi connectivity index (χ1v) is 12.1. The topological polar surface area (TPSA) is 65.4 Å². The Morgan fingerprint density at radius 3 is 2.53 bits per heavy atom. The molecule has 0 spiro atoms. The summed E-state index contributed by atoms with van der Waals surface area (Å²) in [7, 11) is 3.13. The van der Waals surface area contributed by atoms with E-state index in [1.807, 2.05) is 6.07 Å². The highest BCUT2D eigenvalue weighted by Gasteiger charge is 2.14. The number of fused-ring (bicyclic) bond motifs is 2. The smallest absolute Gasteiger partial charge is 0.251 e. The number of amides is 1. The molecule has 0 atom stereocenters. The first-order chi connectivity index (χ1) is 17.7. The van der Waals surface area contributed by atoms with Crippen molar-refractivity contribution in [3.8, 4) is 11.5 Å². The van der Waals surface area contributed by atoms with Crippen molar-refractivity contribution in [2.45, 2.75) is 19.4 Å². The third-order valence-corrected chi connectivity index (χ3v) is 6.45. The number of nitrogens with zero attached hydrogens (tertiary/aromatic N) is 2. The molecular formula is C30H29N3O3. The van der Waals surface area contributed by atoms with E-state index >= 15 is 0 Å². The summed E-state index contributed by atoms with van der Waals surface area (Å²) in [4.78, 5) is 17.6. The highest BCUT2D eigenvalue weighted by atomic mass is 16.5. The van der Waals surface area contributed by atoms with Crippen molar-refractivity contribution in [3.63, 3.8) is 0 Å². The van der Waals surface area contributed by atoms with Gasteiger partial charge in [-0.15, -0.1) is 0 Å². The lowest BCUT2D eigenvalue weighted by atomic mass is 10.0. The second-order valence-corrected chi connectivity index (χ2v) is 8.67. The zero-order chi connectivity index (χ0) is 24.9. The van der Waals surface area contributed by atoms with E-state index in [1.54, 1.807) is 32.4 Å². The van der Waals surface area contributed by atoms with Crippen LogP contribution in [0.15, 0.2) is 84.9 Å². The predicted octanol–water partition coefficient (Wildman–Crippen LogP) is 5.62. The minimum absolute atomic E-state index is 0.139. The molecule has 6 nitrogen and oxygen atoms in total. The van der Waals surface area contributed by atoms with E-state index in [0.717, 1.165) is 36.2 Å². The number of nitrogens with one attached hydrogen (secondary N) is 1. The number of para-hydroxylation sites is 2. The molecule has 0 fully saturated rings. The summed E-state index contributed by atoms with van der Waals surface area (Å²) in [5.41, 5.74) is 3.91. The minimum atomic E-state index is -0.139. The highest BCUT2D eigenvalue weighted by molar-refractivity contribution is 5.94. The number of benzene rings is 4. The Morgan fingerprint density at radius 2 is 1.67 bits per heavy atom. The molecule has 1 N–H and O–H groups in total. The van der Waals surface area contributed by atoms with Crippen LogP contribution in [0.4, 0.5) is 0 Å². The lowest BCUT2D eigenvalue weighted by Crippen LogP contribution is -2.25. The Hall–Kier alpha value is -4.32. The number of hydrogen-bond acceptors (Lipinski definition) is 4. The standard InChI is InChI=1S/C30H29N3O3/c1-35-27-17-16-22(19-28(27)36-2)30(34)31-18-8-15-29-32-25-13-5-6-14-26(25)33(29)20-23-11-7-10-21-9-3-4-12-24(21)23/h3-7,9-14,16-17,19H,8,15,18,20H2,1-2H3,(H,31,34). The molecule has 0 saturated carbocycles. The maximum Gasteiger partial charge on any atom is 0.251 e. The van der Waals surface area contributed by atoms with E-state index in [2.05, 4.69) is 70.5 Å². The summed E-state index contributed by atoms with van der Waals surface area (Å²) >= 11 is 0. The fourth-order valence-electron chi connectivity index (χ4n) is 4.62. The molecule has 1 amide bonds. The van der Waals surface area contributed by atoms with E-state index in [0.29, 0.717) is 23.6 Å². The molecule has 5 aromatic rings. The largest absolute Gasteiger partial charge is 0.493 e. The van der Waals surface area contributed by atoms with Crippen molar-refractivity contribution in [2.24, 2.45) is 0 Å². The first kappa shape index (κ1) is 23.4. The lowest BCUT2D eigenvalue weighted by molar-refractivity contribution is 0.0952. The minimum Gasteiger partial charge on any atom is -0.493 e. The van der Waals surface area contributed by atoms with E-state index in [1.165, 1.54) is 16.3 Å². The number of rotatable bonds is 9. The van der Waals surface area contributed by atoms with E-state index in [-0.39, 0.29) is 5.91 Å². The van der Waals surface area contributed by atoms with Crippen molar-refractivity contribution in [1.29, 1.82) is 0 Å². The van der Waals surface area contributed by atoms with Gasteiger partial charge in [-0.2, -0.15) is 0 Å². The molecule has 4 aromatic carbocycles. The lowest BCUT2D eigenvalue weighted by Gasteiger charge is -2.12. The number of carbonyl (C=O) groups is 1. The van der Waals surface area contributed by atoms with Gasteiger partial charge in [0.25, 0.3) is 5.91 Å². The van der Waals surface area contributed by atoms with Crippen LogP contribution in [-0.2, 0) is 13.0 Å². The summed E-state index contributed by atoms with van der Waals surface area (Å²) in [5, 5.41) is 5.50. The van der Waals surface area contributed by atoms with Crippen LogP contribution in [0.5, 0.6) is 11.5 Å². The van der Waals surface area contributed by atoms with Gasteiger partial charge in [0.1, 0.15) is 5.82 Å². The van der Waals surface area contributed by atoms with Crippen LogP contribution in [0.2, 0.25) is 0 Å². The van der Waals surface area contributed by atoms with Gasteiger partial charge in [0.05, 0.1) is 25.3 Å².